The van der Waals surface area contributed by atoms with Crippen molar-refractivity contribution < 1.29 is 39.2 Å². The largest absolute Gasteiger partial charge is 0.504 e. The highest BCUT2D eigenvalue weighted by Gasteiger charge is 2.20. The predicted octanol–water partition coefficient (Wildman–Crippen LogP) is 2.45. The first-order chi connectivity index (χ1) is 13.3. The van der Waals surface area contributed by atoms with Crippen LogP contribution in [-0.4, -0.2) is 47.6 Å². The van der Waals surface area contributed by atoms with Gasteiger partial charge in [0, 0.05) is 23.6 Å². The molecule has 0 fully saturated rings. The van der Waals surface area contributed by atoms with E-state index >= 15 is 0 Å². The number of carbonyl (C=O) groups is 3. The second-order valence-electron chi connectivity index (χ2n) is 5.74. The number of carbonyl (C=O) groups excluding carboxylic acids is 2. The standard InChI is InChI=1S/C20H18O8/c1-27-16-8-12(10-21)5-13(19(16)25)9-15(22)14-6-11(3-4-18(23)24)7-17(28-2)20(14)26/h3-8,10,25-26H,9H2,1-2H3,(H,23,24)/b4-3+. The van der Waals surface area contributed by atoms with Crippen LogP contribution >= 0.6 is 0 Å². The number of benzene rings is 2. The Hall–Kier alpha value is -3.81. The van der Waals surface area contributed by atoms with Gasteiger partial charge in [0.1, 0.15) is 6.29 Å². The molecule has 0 spiro atoms. The smallest absolute Gasteiger partial charge is 0.328 e. The molecule has 0 amide bonds. The second kappa shape index (κ2) is 8.72. The Morgan fingerprint density at radius 1 is 0.964 bits per heavy atom. The van der Waals surface area contributed by atoms with Gasteiger partial charge in [-0.1, -0.05) is 0 Å². The quantitative estimate of drug-likeness (QED) is 0.358. The molecular formula is C20H18O8. The lowest BCUT2D eigenvalue weighted by atomic mass is 9.97. The molecule has 8 nitrogen and oxygen atoms in total. The Morgan fingerprint density at radius 2 is 1.57 bits per heavy atom. The Labute approximate surface area is 160 Å². The van der Waals surface area contributed by atoms with Gasteiger partial charge in [-0.2, -0.15) is 0 Å². The molecule has 3 N–H and O–H groups in total. The molecule has 0 atom stereocenters. The first-order valence-corrected chi connectivity index (χ1v) is 8.01. The third-order valence-corrected chi connectivity index (χ3v) is 3.92. The molecule has 0 aliphatic rings. The molecule has 0 radical (unpaired) electrons. The number of methoxy groups -OCH3 is 2. The first-order valence-electron chi connectivity index (χ1n) is 8.01. The second-order valence-corrected chi connectivity index (χ2v) is 5.74. The number of aliphatic carboxylic acids is 1. The SMILES string of the molecule is COc1cc(C=O)cc(CC(=O)c2cc(/C=C/C(=O)O)cc(OC)c2O)c1O. The van der Waals surface area contributed by atoms with Gasteiger partial charge < -0.3 is 24.8 Å². The highest BCUT2D eigenvalue weighted by Crippen LogP contribution is 2.35. The molecule has 0 saturated heterocycles. The lowest BCUT2D eigenvalue weighted by molar-refractivity contribution is -0.131. The summed E-state index contributed by atoms with van der Waals surface area (Å²) in [5.41, 5.74) is 0.539. The van der Waals surface area contributed by atoms with Crippen molar-refractivity contribution in [1.82, 2.24) is 0 Å². The topological polar surface area (TPSA) is 130 Å². The van der Waals surface area contributed by atoms with Crippen LogP contribution in [0.3, 0.4) is 0 Å². The molecule has 0 bridgehead atoms. The van der Waals surface area contributed by atoms with E-state index in [4.69, 9.17) is 14.6 Å². The van der Waals surface area contributed by atoms with Crippen molar-refractivity contribution in [3.8, 4) is 23.0 Å². The summed E-state index contributed by atoms with van der Waals surface area (Å²) in [7, 11) is 2.60. The van der Waals surface area contributed by atoms with E-state index in [9.17, 15) is 24.6 Å². The minimum absolute atomic E-state index is 0.0145. The molecule has 0 saturated carbocycles. The molecular weight excluding hydrogens is 368 g/mol. The Bertz CT molecular complexity index is 959. The van der Waals surface area contributed by atoms with Crippen LogP contribution in [0.2, 0.25) is 0 Å². The lowest BCUT2D eigenvalue weighted by Gasteiger charge is -2.12. The van der Waals surface area contributed by atoms with Gasteiger partial charge in [-0.05, 0) is 35.9 Å². The fraction of sp³-hybridized carbons (Fsp3) is 0.150. The molecule has 0 unspecified atom stereocenters. The monoisotopic (exact) mass is 386 g/mol. The van der Waals surface area contributed by atoms with Crippen molar-refractivity contribution in [2.45, 2.75) is 6.42 Å². The third-order valence-electron chi connectivity index (χ3n) is 3.92. The van der Waals surface area contributed by atoms with E-state index < -0.39 is 17.5 Å². The van der Waals surface area contributed by atoms with Gasteiger partial charge >= 0.3 is 5.97 Å². The van der Waals surface area contributed by atoms with Gasteiger partial charge in [0.2, 0.25) is 0 Å². The molecule has 146 valence electrons. The fourth-order valence-corrected chi connectivity index (χ4v) is 2.58. The molecule has 2 rings (SSSR count). The predicted molar refractivity (Wildman–Crippen MR) is 99.4 cm³/mol. The van der Waals surface area contributed by atoms with Crippen molar-refractivity contribution in [1.29, 1.82) is 0 Å². The van der Waals surface area contributed by atoms with Gasteiger partial charge in [-0.15, -0.1) is 0 Å². The zero-order chi connectivity index (χ0) is 20.8. The Morgan fingerprint density at radius 3 is 2.14 bits per heavy atom. The zero-order valence-electron chi connectivity index (χ0n) is 15.1. The summed E-state index contributed by atoms with van der Waals surface area (Å²) in [5.74, 6) is -2.45. The van der Waals surface area contributed by atoms with E-state index in [-0.39, 0.29) is 40.4 Å². The van der Waals surface area contributed by atoms with Crippen molar-refractivity contribution in [2.75, 3.05) is 14.2 Å². The molecule has 2 aromatic carbocycles. The number of carboxylic acids is 1. The van der Waals surface area contributed by atoms with Crippen molar-refractivity contribution in [2.24, 2.45) is 0 Å². The van der Waals surface area contributed by atoms with Crippen LogP contribution in [-0.2, 0) is 11.2 Å². The van der Waals surface area contributed by atoms with E-state index in [1.54, 1.807) is 0 Å². The van der Waals surface area contributed by atoms with Gasteiger partial charge in [-0.25, -0.2) is 4.79 Å². The third kappa shape index (κ3) is 4.47. The van der Waals surface area contributed by atoms with Gasteiger partial charge in [-0.3, -0.25) is 9.59 Å². The van der Waals surface area contributed by atoms with E-state index in [0.717, 1.165) is 6.08 Å². The van der Waals surface area contributed by atoms with Gasteiger partial charge in [0.15, 0.2) is 28.8 Å². The average molecular weight is 386 g/mol. The summed E-state index contributed by atoms with van der Waals surface area (Å²) in [6.07, 6.45) is 2.33. The summed E-state index contributed by atoms with van der Waals surface area (Å²) in [6, 6.07) is 5.34. The van der Waals surface area contributed by atoms with Gasteiger partial charge in [0.25, 0.3) is 0 Å². The maximum atomic E-state index is 12.7. The molecule has 28 heavy (non-hydrogen) atoms. The van der Waals surface area contributed by atoms with E-state index in [1.807, 2.05) is 0 Å². The maximum Gasteiger partial charge on any atom is 0.328 e. The number of rotatable bonds is 8. The maximum absolute atomic E-state index is 12.7. The number of hydrogen-bond acceptors (Lipinski definition) is 7. The average Bonchev–Trinajstić information content (AvgIpc) is 2.68. The number of ether oxygens (including phenoxy) is 2. The number of Topliss-reactive ketones (excluding diaryl/α,β-unsaturated/α-hetero) is 1. The summed E-state index contributed by atoms with van der Waals surface area (Å²) >= 11 is 0. The molecule has 0 aromatic heterocycles. The van der Waals surface area contributed by atoms with E-state index in [2.05, 4.69) is 0 Å². The van der Waals surface area contributed by atoms with Crippen LogP contribution in [0.4, 0.5) is 0 Å². The van der Waals surface area contributed by atoms with E-state index in [0.29, 0.717) is 11.8 Å². The van der Waals surface area contributed by atoms with Gasteiger partial charge in [0.05, 0.1) is 19.8 Å². The number of phenolic OH excluding ortho intramolecular Hbond substituents is 2. The number of carboxylic acid groups (broad SMARTS) is 1. The minimum atomic E-state index is -1.18. The number of hydrogen-bond donors (Lipinski definition) is 3. The number of phenols is 2. The van der Waals surface area contributed by atoms with Crippen molar-refractivity contribution >= 4 is 24.1 Å². The van der Waals surface area contributed by atoms with Crippen LogP contribution in [0.1, 0.15) is 31.8 Å². The normalized spacial score (nSPS) is 10.6. The lowest BCUT2D eigenvalue weighted by Crippen LogP contribution is -2.06. The highest BCUT2D eigenvalue weighted by atomic mass is 16.5. The first kappa shape index (κ1) is 20.5. The van der Waals surface area contributed by atoms with Crippen LogP contribution in [0.15, 0.2) is 30.3 Å². The summed E-state index contributed by atoms with van der Waals surface area (Å²) in [5, 5.41) is 29.3. The molecule has 2 aromatic rings. The minimum Gasteiger partial charge on any atom is -0.504 e. The van der Waals surface area contributed by atoms with E-state index in [1.165, 1.54) is 44.6 Å². The molecule has 0 aliphatic heterocycles. The molecule has 8 heteroatoms. The van der Waals surface area contributed by atoms with Crippen molar-refractivity contribution in [3.63, 3.8) is 0 Å². The number of ketones is 1. The van der Waals surface area contributed by atoms with Crippen molar-refractivity contribution in [3.05, 3.63) is 52.6 Å². The fourth-order valence-electron chi connectivity index (χ4n) is 2.58. The number of aromatic hydroxyl groups is 2. The summed E-state index contributed by atoms with van der Waals surface area (Å²) in [6.45, 7) is 0. The summed E-state index contributed by atoms with van der Waals surface area (Å²) < 4.78 is 10.0. The van der Waals surface area contributed by atoms with Crippen LogP contribution in [0, 0.1) is 0 Å². The Kier molecular flexibility index (Phi) is 6.38. The number of aldehydes is 1. The van der Waals surface area contributed by atoms with Crippen LogP contribution in [0.25, 0.3) is 6.08 Å². The van der Waals surface area contributed by atoms with Crippen LogP contribution < -0.4 is 9.47 Å². The zero-order valence-corrected chi connectivity index (χ0v) is 15.1. The summed E-state index contributed by atoms with van der Waals surface area (Å²) in [4.78, 5) is 34.5. The van der Waals surface area contributed by atoms with Crippen LogP contribution in [0.5, 0.6) is 23.0 Å². The highest BCUT2D eigenvalue weighted by molar-refractivity contribution is 6.02. The Balaban J connectivity index is 2.48. The molecule has 0 aliphatic carbocycles. The molecule has 0 heterocycles.